The number of thiol groups is 1. The fraction of sp³-hybridized carbons (Fsp3) is 0.778. The van der Waals surface area contributed by atoms with E-state index in [2.05, 4.69) is 4.99 Å². The van der Waals surface area contributed by atoms with E-state index in [1.165, 1.54) is 0 Å². The molecule has 0 N–H and O–H groups in total. The van der Waals surface area contributed by atoms with Gasteiger partial charge >= 0.3 is 5.97 Å². The smallest absolute Gasteiger partial charge is 0.314 e. The Labute approximate surface area is 81.9 Å². The van der Waals surface area contributed by atoms with Crippen LogP contribution in [-0.2, 0) is 9.53 Å². The van der Waals surface area contributed by atoms with Crippen molar-refractivity contribution in [1.82, 2.24) is 0 Å². The van der Waals surface area contributed by atoms with Gasteiger partial charge in [-0.05, 0) is 11.7 Å². The Balaban J connectivity index is 2.13. The second kappa shape index (κ2) is 5.27. The van der Waals surface area contributed by atoms with E-state index in [1.54, 1.807) is 0 Å². The summed E-state index contributed by atoms with van der Waals surface area (Å²) in [6.07, 6.45) is 0. The molecule has 13 heavy (non-hydrogen) atoms. The van der Waals surface area contributed by atoms with Crippen LogP contribution in [0.25, 0.3) is 0 Å². The SMILES string of the molecule is CC(C)COC(=O)C[SH]1C=NCC1. The number of hydrogen-bond acceptors (Lipinski definition) is 3. The van der Waals surface area contributed by atoms with Gasteiger partial charge in [-0.15, -0.1) is 0 Å². The molecule has 0 saturated carbocycles. The molecule has 4 heteroatoms. The standard InChI is InChI=1S/C9H17NO2S/c1-8(2)5-12-9(11)6-13-4-3-10-7-13/h7-8,13H,3-6H2,1-2H3. The average molecular weight is 203 g/mol. The Kier molecular flexibility index (Phi) is 4.28. The van der Waals surface area contributed by atoms with E-state index >= 15 is 0 Å². The first-order valence-corrected chi connectivity index (χ1v) is 6.36. The van der Waals surface area contributed by atoms with Gasteiger partial charge in [0.05, 0.1) is 12.4 Å². The molecule has 0 aromatic heterocycles. The normalized spacial score (nSPS) is 23.8. The molecule has 0 fully saturated rings. The summed E-state index contributed by atoms with van der Waals surface area (Å²) in [6.45, 7) is 5.51. The first-order chi connectivity index (χ1) is 6.18. The maximum Gasteiger partial charge on any atom is 0.314 e. The summed E-state index contributed by atoms with van der Waals surface area (Å²) in [5, 5.41) is 0. The van der Waals surface area contributed by atoms with Gasteiger partial charge in [-0.3, -0.25) is 9.79 Å². The summed E-state index contributed by atoms with van der Waals surface area (Å²) in [5.74, 6) is 1.99. The van der Waals surface area contributed by atoms with Gasteiger partial charge in [0, 0.05) is 12.1 Å². The number of carbonyl (C=O) groups is 1. The van der Waals surface area contributed by atoms with Crippen molar-refractivity contribution in [2.45, 2.75) is 13.8 Å². The summed E-state index contributed by atoms with van der Waals surface area (Å²) in [7, 11) is -0.282. The van der Waals surface area contributed by atoms with E-state index in [1.807, 2.05) is 19.4 Å². The van der Waals surface area contributed by atoms with Crippen molar-refractivity contribution in [2.75, 3.05) is 24.7 Å². The maximum absolute atomic E-state index is 11.2. The van der Waals surface area contributed by atoms with Crippen LogP contribution in [0.1, 0.15) is 13.8 Å². The molecular formula is C9H17NO2S. The van der Waals surface area contributed by atoms with E-state index in [-0.39, 0.29) is 16.9 Å². The van der Waals surface area contributed by atoms with Gasteiger partial charge < -0.3 is 4.74 Å². The second-order valence-corrected chi connectivity index (χ2v) is 5.74. The molecule has 0 aromatic rings. The van der Waals surface area contributed by atoms with E-state index < -0.39 is 0 Å². The lowest BCUT2D eigenvalue weighted by molar-refractivity contribution is -0.141. The number of esters is 1. The van der Waals surface area contributed by atoms with Gasteiger partial charge in [0.1, 0.15) is 0 Å². The van der Waals surface area contributed by atoms with Crippen LogP contribution in [0.15, 0.2) is 4.99 Å². The molecular weight excluding hydrogens is 186 g/mol. The monoisotopic (exact) mass is 203 g/mol. The Bertz CT molecular complexity index is 204. The highest BCUT2D eigenvalue weighted by atomic mass is 32.2. The van der Waals surface area contributed by atoms with Gasteiger partial charge in [-0.1, -0.05) is 13.8 Å². The molecule has 1 atom stereocenters. The van der Waals surface area contributed by atoms with Gasteiger partial charge in [0.2, 0.25) is 0 Å². The minimum Gasteiger partial charge on any atom is -0.465 e. The van der Waals surface area contributed by atoms with Crippen LogP contribution < -0.4 is 0 Å². The number of aliphatic imine (C=N–C) groups is 1. The lowest BCUT2D eigenvalue weighted by Gasteiger charge is -2.11. The molecule has 1 aliphatic rings. The summed E-state index contributed by atoms with van der Waals surface area (Å²) in [5.41, 5.74) is 1.94. The Hall–Kier alpha value is -0.510. The highest BCUT2D eigenvalue weighted by Gasteiger charge is 2.12. The average Bonchev–Trinajstić information content (AvgIpc) is 2.53. The zero-order valence-electron chi connectivity index (χ0n) is 8.19. The molecule has 1 unspecified atom stereocenters. The number of hydrogen-bond donors (Lipinski definition) is 1. The van der Waals surface area contributed by atoms with Crippen LogP contribution >= 0.6 is 10.9 Å². The van der Waals surface area contributed by atoms with Crippen LogP contribution in [0.2, 0.25) is 0 Å². The molecule has 0 radical (unpaired) electrons. The first kappa shape index (κ1) is 10.6. The van der Waals surface area contributed by atoms with E-state index in [0.29, 0.717) is 18.3 Å². The third kappa shape index (κ3) is 4.31. The molecule has 0 spiro atoms. The zero-order chi connectivity index (χ0) is 9.68. The van der Waals surface area contributed by atoms with Crippen molar-refractivity contribution in [3.63, 3.8) is 0 Å². The molecule has 76 valence electrons. The van der Waals surface area contributed by atoms with Crippen LogP contribution in [0.4, 0.5) is 0 Å². The molecule has 1 aliphatic heterocycles. The largest absolute Gasteiger partial charge is 0.465 e. The molecule has 1 rings (SSSR count). The topological polar surface area (TPSA) is 38.7 Å². The summed E-state index contributed by atoms with van der Waals surface area (Å²) in [4.78, 5) is 15.3. The van der Waals surface area contributed by atoms with Crippen LogP contribution in [0.3, 0.4) is 0 Å². The van der Waals surface area contributed by atoms with E-state index in [0.717, 1.165) is 12.3 Å². The van der Waals surface area contributed by atoms with Gasteiger partial charge in [-0.25, -0.2) is 10.9 Å². The molecule has 3 nitrogen and oxygen atoms in total. The quantitative estimate of drug-likeness (QED) is 0.551. The van der Waals surface area contributed by atoms with Gasteiger partial charge in [0.15, 0.2) is 0 Å². The van der Waals surface area contributed by atoms with Crippen molar-refractivity contribution in [1.29, 1.82) is 0 Å². The van der Waals surface area contributed by atoms with Crippen molar-refractivity contribution in [3.8, 4) is 0 Å². The lowest BCUT2D eigenvalue weighted by atomic mass is 10.2. The fourth-order valence-corrected chi connectivity index (χ4v) is 2.51. The molecule has 0 saturated heterocycles. The highest BCUT2D eigenvalue weighted by Crippen LogP contribution is 2.25. The van der Waals surface area contributed by atoms with Crippen molar-refractivity contribution >= 4 is 22.4 Å². The van der Waals surface area contributed by atoms with Crippen LogP contribution in [0.5, 0.6) is 0 Å². The number of ether oxygens (including phenoxy) is 1. The molecule has 0 amide bonds. The molecule has 0 aliphatic carbocycles. The Morgan fingerprint density at radius 3 is 3.00 bits per heavy atom. The lowest BCUT2D eigenvalue weighted by Crippen LogP contribution is -2.14. The van der Waals surface area contributed by atoms with Crippen molar-refractivity contribution < 1.29 is 9.53 Å². The van der Waals surface area contributed by atoms with E-state index in [9.17, 15) is 4.79 Å². The third-order valence-electron chi connectivity index (χ3n) is 1.67. The summed E-state index contributed by atoms with van der Waals surface area (Å²) >= 11 is 0. The maximum atomic E-state index is 11.2. The highest BCUT2D eigenvalue weighted by molar-refractivity contribution is 8.29. The zero-order valence-corrected chi connectivity index (χ0v) is 9.09. The number of carbonyl (C=O) groups excluding carboxylic acids is 1. The number of nitrogens with zero attached hydrogens (tertiary/aromatic N) is 1. The fourth-order valence-electron chi connectivity index (χ4n) is 1.01. The predicted octanol–water partition coefficient (Wildman–Crippen LogP) is 1.23. The Morgan fingerprint density at radius 2 is 2.46 bits per heavy atom. The van der Waals surface area contributed by atoms with Gasteiger partial charge in [-0.2, -0.15) is 0 Å². The van der Waals surface area contributed by atoms with Crippen LogP contribution in [0, 0.1) is 5.92 Å². The van der Waals surface area contributed by atoms with Gasteiger partial charge in [0.25, 0.3) is 0 Å². The van der Waals surface area contributed by atoms with Crippen LogP contribution in [-0.4, -0.2) is 36.2 Å². The molecule has 0 aromatic carbocycles. The van der Waals surface area contributed by atoms with Crippen molar-refractivity contribution in [2.24, 2.45) is 10.9 Å². The molecule has 1 heterocycles. The second-order valence-electron chi connectivity index (χ2n) is 3.57. The first-order valence-electron chi connectivity index (χ1n) is 4.58. The van der Waals surface area contributed by atoms with E-state index in [4.69, 9.17) is 4.74 Å². The summed E-state index contributed by atoms with van der Waals surface area (Å²) < 4.78 is 5.08. The molecule has 0 bridgehead atoms. The minimum atomic E-state index is -0.282. The third-order valence-corrected chi connectivity index (χ3v) is 3.60. The number of rotatable bonds is 4. The van der Waals surface area contributed by atoms with Crippen molar-refractivity contribution in [3.05, 3.63) is 0 Å². The minimum absolute atomic E-state index is 0.0619. The predicted molar refractivity (Wildman–Crippen MR) is 57.9 cm³/mol. The Morgan fingerprint density at radius 1 is 1.69 bits per heavy atom. The summed E-state index contributed by atoms with van der Waals surface area (Å²) in [6, 6.07) is 0.